The summed E-state index contributed by atoms with van der Waals surface area (Å²) >= 11 is 5.94. The van der Waals surface area contributed by atoms with Crippen molar-refractivity contribution < 1.29 is 9.59 Å². The van der Waals surface area contributed by atoms with Crippen LogP contribution in [0.1, 0.15) is 25.0 Å². The molecule has 0 spiro atoms. The van der Waals surface area contributed by atoms with Crippen LogP contribution in [0.5, 0.6) is 0 Å². The van der Waals surface area contributed by atoms with Crippen LogP contribution in [0.15, 0.2) is 48.5 Å². The van der Waals surface area contributed by atoms with Crippen molar-refractivity contribution in [1.29, 1.82) is 5.26 Å². The lowest BCUT2D eigenvalue weighted by atomic mass is 9.90. The van der Waals surface area contributed by atoms with Crippen LogP contribution in [0.2, 0.25) is 5.02 Å². The van der Waals surface area contributed by atoms with Crippen molar-refractivity contribution in [2.75, 3.05) is 11.9 Å². The maximum absolute atomic E-state index is 12.5. The number of anilines is 1. The molecule has 6 heteroatoms. The summed E-state index contributed by atoms with van der Waals surface area (Å²) in [4.78, 5) is 24.9. The summed E-state index contributed by atoms with van der Waals surface area (Å²) in [5.74, 6) is -0.770. The number of amides is 2. The molecule has 0 fully saturated rings. The average Bonchev–Trinajstić information content (AvgIpc) is 2.62. The highest BCUT2D eigenvalue weighted by Crippen LogP contribution is 2.19. The smallest absolute Gasteiger partial charge is 0.239 e. The van der Waals surface area contributed by atoms with Crippen molar-refractivity contribution >= 4 is 29.1 Å². The van der Waals surface area contributed by atoms with Gasteiger partial charge in [-0.1, -0.05) is 23.7 Å². The first-order valence-corrected chi connectivity index (χ1v) is 8.55. The Labute approximate surface area is 158 Å². The molecular weight excluding hydrogens is 350 g/mol. The lowest BCUT2D eigenvalue weighted by Gasteiger charge is -2.22. The normalized spacial score (nSPS) is 10.7. The van der Waals surface area contributed by atoms with E-state index in [0.29, 0.717) is 29.2 Å². The summed E-state index contributed by atoms with van der Waals surface area (Å²) < 4.78 is 0. The maximum Gasteiger partial charge on any atom is 0.239 e. The third kappa shape index (κ3) is 5.08. The van der Waals surface area contributed by atoms with Crippen LogP contribution >= 0.6 is 11.6 Å². The van der Waals surface area contributed by atoms with Crippen molar-refractivity contribution in [2.24, 2.45) is 5.41 Å². The molecule has 0 unspecified atom stereocenters. The zero-order chi connectivity index (χ0) is 19.2. The second-order valence-electron chi connectivity index (χ2n) is 6.40. The molecule has 0 aliphatic carbocycles. The first-order chi connectivity index (χ1) is 12.3. The Hall–Kier alpha value is -2.84. The minimum Gasteiger partial charge on any atom is -0.355 e. The molecule has 2 amide bonds. The van der Waals surface area contributed by atoms with Crippen molar-refractivity contribution in [3.05, 3.63) is 64.7 Å². The van der Waals surface area contributed by atoms with Gasteiger partial charge in [-0.3, -0.25) is 9.59 Å². The molecule has 2 rings (SSSR count). The number of carbonyl (C=O) groups excluding carboxylic acids is 2. The van der Waals surface area contributed by atoms with Crippen molar-refractivity contribution in [3.63, 3.8) is 0 Å². The van der Waals surface area contributed by atoms with E-state index in [4.69, 9.17) is 16.9 Å². The van der Waals surface area contributed by atoms with Gasteiger partial charge in [0.2, 0.25) is 11.8 Å². The first-order valence-electron chi connectivity index (χ1n) is 8.17. The van der Waals surface area contributed by atoms with E-state index in [1.807, 2.05) is 24.3 Å². The Morgan fingerprint density at radius 2 is 1.81 bits per heavy atom. The molecule has 0 saturated carbocycles. The van der Waals surface area contributed by atoms with Gasteiger partial charge in [0.25, 0.3) is 0 Å². The van der Waals surface area contributed by atoms with E-state index in [9.17, 15) is 9.59 Å². The van der Waals surface area contributed by atoms with Crippen LogP contribution in [0.25, 0.3) is 0 Å². The number of nitrogens with zero attached hydrogens (tertiary/aromatic N) is 1. The number of hydrogen-bond acceptors (Lipinski definition) is 3. The van der Waals surface area contributed by atoms with Crippen molar-refractivity contribution in [1.82, 2.24) is 5.32 Å². The Kier molecular flexibility index (Phi) is 6.37. The highest BCUT2D eigenvalue weighted by atomic mass is 35.5. The van der Waals surface area contributed by atoms with Gasteiger partial charge >= 0.3 is 0 Å². The molecule has 0 aromatic heterocycles. The maximum atomic E-state index is 12.5. The van der Waals surface area contributed by atoms with Crippen LogP contribution < -0.4 is 10.6 Å². The summed E-state index contributed by atoms with van der Waals surface area (Å²) in [7, 11) is 0. The summed E-state index contributed by atoms with van der Waals surface area (Å²) in [5.41, 5.74) is 0.815. The second-order valence-corrected chi connectivity index (χ2v) is 6.84. The van der Waals surface area contributed by atoms with E-state index in [1.54, 1.807) is 44.2 Å². The molecule has 0 atom stereocenters. The van der Waals surface area contributed by atoms with E-state index < -0.39 is 11.3 Å². The Balaban J connectivity index is 1.91. The molecule has 0 heterocycles. The van der Waals surface area contributed by atoms with Crippen molar-refractivity contribution in [2.45, 2.75) is 20.3 Å². The molecule has 2 aromatic carbocycles. The highest BCUT2D eigenvalue weighted by Gasteiger charge is 2.35. The van der Waals surface area contributed by atoms with E-state index in [1.165, 1.54) is 0 Å². The number of benzene rings is 2. The van der Waals surface area contributed by atoms with Gasteiger partial charge in [-0.2, -0.15) is 5.26 Å². The molecule has 2 N–H and O–H groups in total. The van der Waals surface area contributed by atoms with Crippen LogP contribution in [0.3, 0.4) is 0 Å². The molecule has 134 valence electrons. The van der Waals surface area contributed by atoms with Gasteiger partial charge in [0, 0.05) is 17.3 Å². The Morgan fingerprint density at radius 3 is 2.42 bits per heavy atom. The van der Waals surface area contributed by atoms with Gasteiger partial charge < -0.3 is 10.6 Å². The topological polar surface area (TPSA) is 82.0 Å². The average molecular weight is 370 g/mol. The monoisotopic (exact) mass is 369 g/mol. The number of carbonyl (C=O) groups is 2. The largest absolute Gasteiger partial charge is 0.355 e. The van der Waals surface area contributed by atoms with Crippen LogP contribution in [-0.4, -0.2) is 18.4 Å². The predicted octanol–water partition coefficient (Wildman–Crippen LogP) is 3.54. The minimum absolute atomic E-state index is 0.356. The number of nitriles is 1. The van der Waals surface area contributed by atoms with E-state index in [2.05, 4.69) is 10.6 Å². The Bertz CT molecular complexity index is 839. The number of rotatable bonds is 6. The molecule has 0 bridgehead atoms. The third-order valence-electron chi connectivity index (χ3n) is 4.00. The molecule has 26 heavy (non-hydrogen) atoms. The van der Waals surface area contributed by atoms with E-state index in [-0.39, 0.29) is 5.91 Å². The fraction of sp³-hybridized carbons (Fsp3) is 0.250. The molecule has 0 saturated heterocycles. The lowest BCUT2D eigenvalue weighted by molar-refractivity contribution is -0.138. The Morgan fingerprint density at radius 1 is 1.12 bits per heavy atom. The van der Waals surface area contributed by atoms with Gasteiger partial charge in [0.15, 0.2) is 0 Å². The minimum atomic E-state index is -1.23. The molecule has 0 aliphatic rings. The highest BCUT2D eigenvalue weighted by molar-refractivity contribution is 6.30. The molecule has 0 aliphatic heterocycles. The molecule has 5 nitrogen and oxygen atoms in total. The summed E-state index contributed by atoms with van der Waals surface area (Å²) in [6.07, 6.45) is 0.625. The van der Waals surface area contributed by atoms with Crippen LogP contribution in [0, 0.1) is 16.7 Å². The van der Waals surface area contributed by atoms with Gasteiger partial charge in [-0.15, -0.1) is 0 Å². The first kappa shape index (κ1) is 19.5. The predicted molar refractivity (Wildman–Crippen MR) is 102 cm³/mol. The SMILES string of the molecule is CC(C)(C(=O)NCCc1cccc(Cl)c1)C(=O)Nc1ccc(C#N)cc1. The van der Waals surface area contributed by atoms with Gasteiger partial charge in [-0.25, -0.2) is 0 Å². The lowest BCUT2D eigenvalue weighted by Crippen LogP contribution is -2.45. The fourth-order valence-electron chi connectivity index (χ4n) is 2.25. The molecule has 2 aromatic rings. The van der Waals surface area contributed by atoms with Crippen molar-refractivity contribution in [3.8, 4) is 6.07 Å². The number of hydrogen-bond donors (Lipinski definition) is 2. The zero-order valence-corrected chi connectivity index (χ0v) is 15.4. The quantitative estimate of drug-likeness (QED) is 0.764. The van der Waals surface area contributed by atoms with Gasteiger partial charge in [-0.05, 0) is 62.2 Å². The molecular formula is C20H20ClN3O2. The standard InChI is InChI=1S/C20H20ClN3O2/c1-20(2,19(26)24-17-8-6-15(13-22)7-9-17)18(25)23-11-10-14-4-3-5-16(21)12-14/h3-9,12H,10-11H2,1-2H3,(H,23,25)(H,24,26). The fourth-order valence-corrected chi connectivity index (χ4v) is 2.47. The number of halogens is 1. The van der Waals surface area contributed by atoms with E-state index >= 15 is 0 Å². The third-order valence-corrected chi connectivity index (χ3v) is 4.23. The number of nitrogens with one attached hydrogen (secondary N) is 2. The second kappa shape index (κ2) is 8.50. The van der Waals surface area contributed by atoms with Crippen LogP contribution in [0.4, 0.5) is 5.69 Å². The summed E-state index contributed by atoms with van der Waals surface area (Å²) in [6, 6.07) is 15.9. The van der Waals surface area contributed by atoms with E-state index in [0.717, 1.165) is 5.56 Å². The van der Waals surface area contributed by atoms with Crippen LogP contribution in [-0.2, 0) is 16.0 Å². The summed E-state index contributed by atoms with van der Waals surface area (Å²) in [5, 5.41) is 14.9. The zero-order valence-electron chi connectivity index (χ0n) is 14.7. The molecule has 0 radical (unpaired) electrons. The summed E-state index contributed by atoms with van der Waals surface area (Å²) in [6.45, 7) is 3.55. The van der Waals surface area contributed by atoms with Gasteiger partial charge in [0.1, 0.15) is 5.41 Å². The van der Waals surface area contributed by atoms with Gasteiger partial charge in [0.05, 0.1) is 11.6 Å².